The molecule has 0 aliphatic carbocycles. The highest BCUT2D eigenvalue weighted by molar-refractivity contribution is 5.88. The molecule has 2 aromatic rings. The number of fused-ring (bicyclic) bond motifs is 1. The fourth-order valence-corrected chi connectivity index (χ4v) is 2.21. The third-order valence-corrected chi connectivity index (χ3v) is 3.38. The van der Waals surface area contributed by atoms with Crippen LogP contribution in [0.3, 0.4) is 0 Å². The van der Waals surface area contributed by atoms with E-state index in [1.165, 1.54) is 0 Å². The summed E-state index contributed by atoms with van der Waals surface area (Å²) < 4.78 is 38.0. The number of hydrogen-bond acceptors (Lipinski definition) is 5. The van der Waals surface area contributed by atoms with Gasteiger partial charge in [-0.3, -0.25) is 4.99 Å². The van der Waals surface area contributed by atoms with Crippen LogP contribution in [0.2, 0.25) is 0 Å². The van der Waals surface area contributed by atoms with E-state index in [0.29, 0.717) is 6.54 Å². The molecule has 0 bridgehead atoms. The van der Waals surface area contributed by atoms with Crippen LogP contribution in [-0.4, -0.2) is 32.8 Å². The maximum Gasteiger partial charge on any atom is 0.433 e. The molecule has 8 heteroatoms. The minimum absolute atomic E-state index is 0.0595. The molecule has 1 atom stereocenters. The zero-order chi connectivity index (χ0) is 15.9. The number of aliphatic imine (C=N–C) groups is 1. The molecule has 1 unspecified atom stereocenters. The third kappa shape index (κ3) is 2.51. The zero-order valence-corrected chi connectivity index (χ0v) is 11.5. The summed E-state index contributed by atoms with van der Waals surface area (Å²) in [7, 11) is 0. The van der Waals surface area contributed by atoms with Crippen LogP contribution in [0.25, 0.3) is 16.5 Å². The lowest BCUT2D eigenvalue weighted by molar-refractivity contribution is -0.141. The van der Waals surface area contributed by atoms with Gasteiger partial charge in [0, 0.05) is 24.3 Å². The van der Waals surface area contributed by atoms with Gasteiger partial charge in [0.05, 0.1) is 17.1 Å². The van der Waals surface area contributed by atoms with Crippen molar-refractivity contribution in [2.45, 2.75) is 13.1 Å². The molecule has 1 N–H and O–H groups in total. The number of hydrogen-bond donors (Lipinski definition) is 1. The minimum atomic E-state index is -4.59. The van der Waals surface area contributed by atoms with Gasteiger partial charge in [0.25, 0.3) is 0 Å². The number of aromatic hydroxyl groups is 1. The van der Waals surface area contributed by atoms with Crippen molar-refractivity contribution in [2.75, 3.05) is 6.54 Å². The Kier molecular flexibility index (Phi) is 3.31. The third-order valence-electron chi connectivity index (χ3n) is 3.38. The van der Waals surface area contributed by atoms with Crippen molar-refractivity contribution >= 4 is 22.7 Å². The predicted octanol–water partition coefficient (Wildman–Crippen LogP) is 2.85. The Morgan fingerprint density at radius 2 is 2.05 bits per heavy atom. The summed E-state index contributed by atoms with van der Waals surface area (Å²) in [5.74, 6) is -0.169. The highest BCUT2D eigenvalue weighted by Gasteiger charge is 2.33. The van der Waals surface area contributed by atoms with Crippen LogP contribution >= 0.6 is 0 Å². The summed E-state index contributed by atoms with van der Waals surface area (Å²) in [5, 5.41) is 9.87. The normalized spacial score (nSPS) is 18.5. The number of allylic oxidation sites excluding steroid dienone is 1. The SMILES string of the molecule is CC1CN=CC=C1c1nc(O)c2cc(C(F)(F)F)ncc2n1. The first-order valence-electron chi connectivity index (χ1n) is 6.50. The molecular weight excluding hydrogens is 297 g/mol. The van der Waals surface area contributed by atoms with Crippen LogP contribution in [0.4, 0.5) is 13.2 Å². The Bertz CT molecular complexity index is 799. The summed E-state index contributed by atoms with van der Waals surface area (Å²) in [5.41, 5.74) is -0.165. The Morgan fingerprint density at radius 3 is 2.73 bits per heavy atom. The maximum absolute atomic E-state index is 12.7. The van der Waals surface area contributed by atoms with Gasteiger partial charge in [-0.15, -0.1) is 0 Å². The predicted molar refractivity (Wildman–Crippen MR) is 74.5 cm³/mol. The van der Waals surface area contributed by atoms with Gasteiger partial charge in [-0.2, -0.15) is 18.2 Å². The average Bonchev–Trinajstić information content (AvgIpc) is 2.46. The molecule has 0 saturated heterocycles. The average molecular weight is 308 g/mol. The molecular formula is C14H11F3N4O. The van der Waals surface area contributed by atoms with Gasteiger partial charge in [-0.25, -0.2) is 9.97 Å². The quantitative estimate of drug-likeness (QED) is 0.879. The van der Waals surface area contributed by atoms with E-state index in [1.807, 2.05) is 6.92 Å². The van der Waals surface area contributed by atoms with E-state index in [2.05, 4.69) is 19.9 Å². The highest BCUT2D eigenvalue weighted by Crippen LogP contribution is 2.32. The summed E-state index contributed by atoms with van der Waals surface area (Å²) in [4.78, 5) is 15.6. The Hall–Kier alpha value is -2.51. The van der Waals surface area contributed by atoms with Crippen LogP contribution in [0.15, 0.2) is 23.3 Å². The highest BCUT2D eigenvalue weighted by atomic mass is 19.4. The lowest BCUT2D eigenvalue weighted by Crippen LogP contribution is -2.11. The molecule has 0 radical (unpaired) electrons. The Balaban J connectivity index is 2.14. The van der Waals surface area contributed by atoms with Gasteiger partial charge in [0.2, 0.25) is 5.88 Å². The maximum atomic E-state index is 12.7. The molecule has 2 aromatic heterocycles. The van der Waals surface area contributed by atoms with E-state index in [4.69, 9.17) is 0 Å². The van der Waals surface area contributed by atoms with Gasteiger partial charge in [-0.05, 0) is 12.1 Å². The van der Waals surface area contributed by atoms with Crippen molar-refractivity contribution in [1.82, 2.24) is 15.0 Å². The van der Waals surface area contributed by atoms with Gasteiger partial charge in [0.1, 0.15) is 5.69 Å². The summed E-state index contributed by atoms with van der Waals surface area (Å²) >= 11 is 0. The number of nitrogens with zero attached hydrogens (tertiary/aromatic N) is 4. The number of aromatic nitrogens is 3. The van der Waals surface area contributed by atoms with E-state index >= 15 is 0 Å². The van der Waals surface area contributed by atoms with Crippen LogP contribution in [0, 0.1) is 5.92 Å². The molecule has 0 amide bonds. The number of dihydropyridines is 1. The minimum Gasteiger partial charge on any atom is -0.493 e. The largest absolute Gasteiger partial charge is 0.493 e. The summed E-state index contributed by atoms with van der Waals surface area (Å²) in [6.45, 7) is 2.50. The van der Waals surface area contributed by atoms with Crippen molar-refractivity contribution in [2.24, 2.45) is 10.9 Å². The van der Waals surface area contributed by atoms with Gasteiger partial charge in [0.15, 0.2) is 5.82 Å². The summed E-state index contributed by atoms with van der Waals surface area (Å²) in [6.07, 6.45) is -0.251. The van der Waals surface area contributed by atoms with Crippen molar-refractivity contribution in [3.8, 4) is 5.88 Å². The molecule has 0 aromatic carbocycles. The second-order valence-electron chi connectivity index (χ2n) is 4.99. The lowest BCUT2D eigenvalue weighted by atomic mass is 9.98. The van der Waals surface area contributed by atoms with Gasteiger partial charge < -0.3 is 5.11 Å². The zero-order valence-electron chi connectivity index (χ0n) is 11.5. The molecule has 3 rings (SSSR count). The van der Waals surface area contributed by atoms with E-state index in [-0.39, 0.29) is 22.6 Å². The Morgan fingerprint density at radius 1 is 1.27 bits per heavy atom. The number of halogens is 3. The smallest absolute Gasteiger partial charge is 0.433 e. The Labute approximate surface area is 123 Å². The molecule has 1 aliphatic rings. The molecule has 0 fully saturated rings. The van der Waals surface area contributed by atoms with Crippen molar-refractivity contribution in [3.05, 3.63) is 29.9 Å². The molecule has 114 valence electrons. The molecule has 22 heavy (non-hydrogen) atoms. The van der Waals surface area contributed by atoms with Crippen molar-refractivity contribution < 1.29 is 18.3 Å². The molecule has 1 aliphatic heterocycles. The fourth-order valence-electron chi connectivity index (χ4n) is 2.21. The lowest BCUT2D eigenvalue weighted by Gasteiger charge is -2.16. The van der Waals surface area contributed by atoms with E-state index in [1.54, 1.807) is 12.3 Å². The molecule has 0 saturated carbocycles. The second kappa shape index (κ2) is 5.04. The summed E-state index contributed by atoms with van der Waals surface area (Å²) in [6, 6.07) is 0.745. The van der Waals surface area contributed by atoms with Crippen molar-refractivity contribution in [3.63, 3.8) is 0 Å². The molecule has 0 spiro atoms. The molecule has 3 heterocycles. The van der Waals surface area contributed by atoms with E-state index < -0.39 is 17.8 Å². The molecule has 5 nitrogen and oxygen atoms in total. The standard InChI is InChI=1S/C14H11F3N4O/c1-7-5-18-3-2-8(7)12-20-10-6-19-11(14(15,16)17)4-9(10)13(22)21-12/h2-4,6-7H,5H2,1H3,(H,20,21,22). The van der Waals surface area contributed by atoms with E-state index in [0.717, 1.165) is 17.8 Å². The van der Waals surface area contributed by atoms with Crippen LogP contribution in [0.1, 0.15) is 18.4 Å². The van der Waals surface area contributed by atoms with Gasteiger partial charge >= 0.3 is 6.18 Å². The van der Waals surface area contributed by atoms with Gasteiger partial charge in [-0.1, -0.05) is 6.92 Å². The van der Waals surface area contributed by atoms with Crippen molar-refractivity contribution in [1.29, 1.82) is 0 Å². The fraction of sp³-hybridized carbons (Fsp3) is 0.286. The first kappa shape index (κ1) is 14.4. The number of alkyl halides is 3. The number of pyridine rings is 1. The van der Waals surface area contributed by atoms with Crippen LogP contribution in [-0.2, 0) is 6.18 Å². The van der Waals surface area contributed by atoms with Crippen LogP contribution < -0.4 is 0 Å². The first-order valence-corrected chi connectivity index (χ1v) is 6.50. The second-order valence-corrected chi connectivity index (χ2v) is 4.99. The van der Waals surface area contributed by atoms with E-state index in [9.17, 15) is 18.3 Å². The first-order chi connectivity index (χ1) is 10.4. The van der Waals surface area contributed by atoms with Crippen LogP contribution in [0.5, 0.6) is 5.88 Å². The monoisotopic (exact) mass is 308 g/mol. The topological polar surface area (TPSA) is 71.3 Å². The number of rotatable bonds is 1.